The van der Waals surface area contributed by atoms with E-state index in [1.165, 1.54) is 52.1 Å². The van der Waals surface area contributed by atoms with E-state index in [2.05, 4.69) is 6.92 Å². The number of rotatable bonds is 18. The number of nitrogens with zero attached hydrogens (tertiary/aromatic N) is 1. The Morgan fingerprint density at radius 3 is 2.12 bits per heavy atom. The van der Waals surface area contributed by atoms with Crippen molar-refractivity contribution in [1.82, 2.24) is 4.90 Å². The third-order valence-electron chi connectivity index (χ3n) is 5.25. The Morgan fingerprint density at radius 1 is 0.938 bits per heavy atom. The predicted octanol–water partition coefficient (Wildman–Crippen LogP) is 4.93. The summed E-state index contributed by atoms with van der Waals surface area (Å²) in [7, 11) is -0.639. The molecule has 0 aliphatic rings. The van der Waals surface area contributed by atoms with Crippen molar-refractivity contribution in [1.29, 1.82) is 0 Å². The molecule has 0 saturated carbocycles. The Balaban J connectivity index is 2.60. The van der Waals surface area contributed by atoms with Gasteiger partial charge in [0.1, 0.15) is 0 Å². The highest BCUT2D eigenvalue weighted by Crippen LogP contribution is 2.29. The molecule has 0 atom stereocenters. The normalized spacial score (nSPS) is 11.4. The summed E-state index contributed by atoms with van der Waals surface area (Å²) in [6, 6.07) is 5.06. The van der Waals surface area contributed by atoms with Gasteiger partial charge in [-0.25, -0.2) is 0 Å². The summed E-state index contributed by atoms with van der Waals surface area (Å²) in [5.74, 6) is 0.514. The van der Waals surface area contributed by atoms with E-state index in [0.29, 0.717) is 31.9 Å². The van der Waals surface area contributed by atoms with Crippen LogP contribution >= 0.6 is 0 Å². The molecule has 0 heterocycles. The van der Waals surface area contributed by atoms with E-state index < -0.39 is 10.1 Å². The van der Waals surface area contributed by atoms with Crippen LogP contribution in [0.1, 0.15) is 76.7 Å². The van der Waals surface area contributed by atoms with Gasteiger partial charge in [0.25, 0.3) is 0 Å². The van der Waals surface area contributed by atoms with Crippen LogP contribution in [0.25, 0.3) is 0 Å². The molecule has 8 heteroatoms. The van der Waals surface area contributed by atoms with Gasteiger partial charge < -0.3 is 18.6 Å². The Labute approximate surface area is 194 Å². The maximum atomic E-state index is 12.8. The molecular weight excluding hydrogens is 430 g/mol. The molecule has 1 aromatic rings. The Hall–Kier alpha value is -1.80. The Bertz CT molecular complexity index is 766. The summed E-state index contributed by atoms with van der Waals surface area (Å²) < 4.78 is 38.5. The predicted molar refractivity (Wildman–Crippen MR) is 128 cm³/mol. The second-order valence-electron chi connectivity index (χ2n) is 8.16. The fourth-order valence-electron chi connectivity index (χ4n) is 3.51. The average Bonchev–Trinajstić information content (AvgIpc) is 2.74. The van der Waals surface area contributed by atoms with Crippen LogP contribution in [0.4, 0.5) is 0 Å². The summed E-state index contributed by atoms with van der Waals surface area (Å²) in [5.41, 5.74) is 0.765. The van der Waals surface area contributed by atoms with Gasteiger partial charge in [0, 0.05) is 26.6 Å². The van der Waals surface area contributed by atoms with Gasteiger partial charge in [0.2, 0.25) is 5.91 Å². The highest BCUT2D eigenvalue weighted by Gasteiger charge is 2.17. The minimum absolute atomic E-state index is 0.0754. The fraction of sp³-hybridized carbons (Fsp3) is 0.708. The first-order valence-corrected chi connectivity index (χ1v) is 13.5. The smallest absolute Gasteiger partial charge is 0.306 e. The number of benzene rings is 1. The van der Waals surface area contributed by atoms with Gasteiger partial charge in [-0.3, -0.25) is 4.79 Å². The van der Waals surface area contributed by atoms with Crippen molar-refractivity contribution in [2.75, 3.05) is 33.6 Å². The third-order valence-corrected chi connectivity index (χ3v) is 5.74. The molecule has 1 aromatic carbocycles. The molecule has 7 nitrogen and oxygen atoms in total. The number of hydrogen-bond donors (Lipinski definition) is 0. The maximum Gasteiger partial charge on any atom is 0.306 e. The van der Waals surface area contributed by atoms with Gasteiger partial charge in [-0.15, -0.1) is 0 Å². The summed E-state index contributed by atoms with van der Waals surface area (Å²) >= 11 is 0. The molecule has 184 valence electrons. The van der Waals surface area contributed by atoms with Gasteiger partial charge in [-0.1, -0.05) is 64.4 Å². The molecule has 0 aliphatic heterocycles. The second kappa shape index (κ2) is 15.9. The Kier molecular flexibility index (Phi) is 14.0. The molecule has 1 rings (SSSR count). The van der Waals surface area contributed by atoms with Gasteiger partial charge in [0.15, 0.2) is 11.5 Å². The number of amides is 1. The summed E-state index contributed by atoms with van der Waals surface area (Å²) in [5, 5.41) is 0. The number of carbonyl (C=O) groups excluding carboxylic acids is 1. The molecule has 0 aromatic heterocycles. The SMILES string of the molecule is CCCCCCCCCCCC(=O)N(CCOC)Cc1ccc(OC)c(OS(C)(=O)=O)c1. The van der Waals surface area contributed by atoms with Crippen LogP contribution in [0.3, 0.4) is 0 Å². The first-order valence-electron chi connectivity index (χ1n) is 11.6. The highest BCUT2D eigenvalue weighted by molar-refractivity contribution is 7.86. The van der Waals surface area contributed by atoms with E-state index in [1.807, 2.05) is 0 Å². The van der Waals surface area contributed by atoms with E-state index in [0.717, 1.165) is 24.7 Å². The van der Waals surface area contributed by atoms with E-state index in [-0.39, 0.29) is 11.7 Å². The first kappa shape index (κ1) is 28.2. The van der Waals surface area contributed by atoms with Crippen LogP contribution in [0, 0.1) is 0 Å². The van der Waals surface area contributed by atoms with Gasteiger partial charge >= 0.3 is 10.1 Å². The molecule has 0 fully saturated rings. The van der Waals surface area contributed by atoms with Crippen molar-refractivity contribution in [2.24, 2.45) is 0 Å². The van der Waals surface area contributed by atoms with Crippen molar-refractivity contribution >= 4 is 16.0 Å². The van der Waals surface area contributed by atoms with Crippen LogP contribution < -0.4 is 8.92 Å². The topological polar surface area (TPSA) is 82.1 Å². The number of unbranched alkanes of at least 4 members (excludes halogenated alkanes) is 8. The van der Waals surface area contributed by atoms with E-state index in [1.54, 1.807) is 30.2 Å². The largest absolute Gasteiger partial charge is 0.493 e. The summed E-state index contributed by atoms with van der Waals surface area (Å²) in [6.07, 6.45) is 12.3. The van der Waals surface area contributed by atoms with Crippen molar-refractivity contribution in [3.8, 4) is 11.5 Å². The number of hydrogen-bond acceptors (Lipinski definition) is 6. The van der Waals surface area contributed by atoms with Gasteiger partial charge in [-0.2, -0.15) is 8.42 Å². The van der Waals surface area contributed by atoms with Gasteiger partial charge in [0.05, 0.1) is 20.0 Å². The summed E-state index contributed by atoms with van der Waals surface area (Å²) in [6.45, 7) is 3.49. The minimum Gasteiger partial charge on any atom is -0.493 e. The van der Waals surface area contributed by atoms with Crippen LogP contribution in [-0.4, -0.2) is 52.9 Å². The molecular formula is C24H41NO6S. The van der Waals surface area contributed by atoms with Crippen molar-refractivity contribution in [3.05, 3.63) is 23.8 Å². The van der Waals surface area contributed by atoms with Crippen LogP contribution in [0.2, 0.25) is 0 Å². The molecule has 0 N–H and O–H groups in total. The van der Waals surface area contributed by atoms with Crippen molar-refractivity contribution < 1.29 is 26.9 Å². The zero-order chi connectivity index (χ0) is 23.8. The number of ether oxygens (including phenoxy) is 2. The van der Waals surface area contributed by atoms with Crippen LogP contribution in [-0.2, 0) is 26.2 Å². The molecule has 0 saturated heterocycles. The first-order chi connectivity index (χ1) is 15.3. The van der Waals surface area contributed by atoms with E-state index >= 15 is 0 Å². The lowest BCUT2D eigenvalue weighted by atomic mass is 10.1. The zero-order valence-corrected chi connectivity index (χ0v) is 21.0. The number of carbonyl (C=O) groups is 1. The summed E-state index contributed by atoms with van der Waals surface area (Å²) in [4.78, 5) is 14.6. The maximum absolute atomic E-state index is 12.8. The lowest BCUT2D eigenvalue weighted by Gasteiger charge is -2.23. The molecule has 32 heavy (non-hydrogen) atoms. The third kappa shape index (κ3) is 12.3. The molecule has 0 bridgehead atoms. The second-order valence-corrected chi connectivity index (χ2v) is 9.73. The van der Waals surface area contributed by atoms with E-state index in [9.17, 15) is 13.2 Å². The molecule has 1 amide bonds. The number of methoxy groups -OCH3 is 2. The zero-order valence-electron chi connectivity index (χ0n) is 20.2. The van der Waals surface area contributed by atoms with Crippen molar-refractivity contribution in [2.45, 2.75) is 77.7 Å². The lowest BCUT2D eigenvalue weighted by Crippen LogP contribution is -2.33. The van der Waals surface area contributed by atoms with Gasteiger partial charge in [-0.05, 0) is 24.1 Å². The quantitative estimate of drug-likeness (QED) is 0.223. The van der Waals surface area contributed by atoms with Crippen molar-refractivity contribution in [3.63, 3.8) is 0 Å². The average molecular weight is 472 g/mol. The Morgan fingerprint density at radius 2 is 1.56 bits per heavy atom. The van der Waals surface area contributed by atoms with Crippen LogP contribution in [0.15, 0.2) is 18.2 Å². The molecule has 0 unspecified atom stereocenters. The standard InChI is InChI=1S/C24H41NO6S/c1-5-6-7-8-9-10-11-12-13-14-24(26)25(17-18-29-2)20-21-15-16-22(30-3)23(19-21)31-32(4,27)28/h15-16,19H,5-14,17-18,20H2,1-4H3. The van der Waals surface area contributed by atoms with E-state index in [4.69, 9.17) is 13.7 Å². The molecule has 0 spiro atoms. The fourth-order valence-corrected chi connectivity index (χ4v) is 3.96. The van der Waals surface area contributed by atoms with Crippen LogP contribution in [0.5, 0.6) is 11.5 Å². The molecule has 0 aliphatic carbocycles. The molecule has 0 radical (unpaired) electrons. The lowest BCUT2D eigenvalue weighted by molar-refractivity contribution is -0.132. The minimum atomic E-state index is -3.69. The highest BCUT2D eigenvalue weighted by atomic mass is 32.2. The monoisotopic (exact) mass is 471 g/mol.